The van der Waals surface area contributed by atoms with Gasteiger partial charge in [0.05, 0.1) is 29.2 Å². The molecule has 2 aromatic heterocycles. The molecular formula is C21H19N3OS. The number of fused-ring (bicyclic) bond motifs is 1. The normalized spacial score (nSPS) is 11.0. The fraction of sp³-hybridized carbons (Fsp3) is 0.143. The van der Waals surface area contributed by atoms with Crippen LogP contribution in [-0.4, -0.2) is 15.7 Å². The molecule has 0 bridgehead atoms. The van der Waals surface area contributed by atoms with Gasteiger partial charge >= 0.3 is 0 Å². The molecule has 0 aliphatic carbocycles. The molecule has 2 aromatic carbocycles. The molecule has 26 heavy (non-hydrogen) atoms. The number of aryl methyl sites for hydroxylation is 1. The molecule has 0 saturated carbocycles. The van der Waals surface area contributed by atoms with Crippen LogP contribution in [0.1, 0.15) is 11.3 Å². The maximum atomic E-state index is 12.4. The summed E-state index contributed by atoms with van der Waals surface area (Å²) in [6.45, 7) is 0.433. The molecule has 0 atom stereocenters. The van der Waals surface area contributed by atoms with E-state index in [-0.39, 0.29) is 5.91 Å². The molecule has 0 fully saturated rings. The van der Waals surface area contributed by atoms with Crippen molar-refractivity contribution in [3.05, 3.63) is 77.3 Å². The highest BCUT2D eigenvalue weighted by Crippen LogP contribution is 2.24. The number of carbonyl (C=O) groups excluding carboxylic acids is 1. The van der Waals surface area contributed by atoms with Gasteiger partial charge in [-0.05, 0) is 33.8 Å². The molecule has 2 heterocycles. The average molecular weight is 361 g/mol. The molecule has 0 saturated heterocycles. The van der Waals surface area contributed by atoms with Crippen molar-refractivity contribution >= 4 is 28.0 Å². The van der Waals surface area contributed by atoms with Gasteiger partial charge in [0.2, 0.25) is 5.91 Å². The van der Waals surface area contributed by atoms with Crippen LogP contribution >= 0.6 is 11.3 Å². The largest absolute Gasteiger partial charge is 0.350 e. The predicted molar refractivity (Wildman–Crippen MR) is 106 cm³/mol. The van der Waals surface area contributed by atoms with E-state index in [1.807, 2.05) is 53.5 Å². The van der Waals surface area contributed by atoms with Gasteiger partial charge in [-0.3, -0.25) is 9.48 Å². The lowest BCUT2D eigenvalue weighted by Crippen LogP contribution is -2.24. The minimum atomic E-state index is 0.00433. The van der Waals surface area contributed by atoms with E-state index < -0.39 is 0 Å². The van der Waals surface area contributed by atoms with Crippen molar-refractivity contribution in [2.45, 2.75) is 13.0 Å². The van der Waals surface area contributed by atoms with Crippen LogP contribution in [0.4, 0.5) is 0 Å². The third-order valence-corrected chi connectivity index (χ3v) is 5.29. The summed E-state index contributed by atoms with van der Waals surface area (Å²) < 4.78 is 1.86. The molecule has 4 aromatic rings. The molecular weight excluding hydrogens is 342 g/mol. The number of benzene rings is 2. The third-order valence-electron chi connectivity index (χ3n) is 4.40. The van der Waals surface area contributed by atoms with Gasteiger partial charge < -0.3 is 5.32 Å². The number of hydrogen-bond acceptors (Lipinski definition) is 3. The average Bonchev–Trinajstić information content (AvgIpc) is 3.30. The Balaban J connectivity index is 1.44. The van der Waals surface area contributed by atoms with Crippen LogP contribution in [0.5, 0.6) is 0 Å². The van der Waals surface area contributed by atoms with Gasteiger partial charge in [0.1, 0.15) is 0 Å². The first-order valence-corrected chi connectivity index (χ1v) is 9.39. The summed E-state index contributed by atoms with van der Waals surface area (Å²) in [6.07, 6.45) is 0.367. The minimum Gasteiger partial charge on any atom is -0.350 e. The number of aromatic nitrogens is 2. The first-order valence-electron chi connectivity index (χ1n) is 8.51. The lowest BCUT2D eigenvalue weighted by atomic mass is 10.0. The summed E-state index contributed by atoms with van der Waals surface area (Å²) in [4.78, 5) is 13.6. The number of amides is 1. The standard InChI is InChI=1S/C21H19N3OS/c1-24-19(20-10-5-11-26-20)13-17(23-24)14-22-21(25)12-16-8-4-7-15-6-2-3-9-18(15)16/h2-11,13H,12,14H2,1H3,(H,22,25). The zero-order valence-electron chi connectivity index (χ0n) is 14.5. The van der Waals surface area contributed by atoms with Crippen molar-refractivity contribution in [3.63, 3.8) is 0 Å². The maximum absolute atomic E-state index is 12.4. The fourth-order valence-corrected chi connectivity index (χ4v) is 3.91. The summed E-state index contributed by atoms with van der Waals surface area (Å²) in [7, 11) is 1.93. The third kappa shape index (κ3) is 3.39. The number of carbonyl (C=O) groups is 1. The first-order chi connectivity index (χ1) is 12.7. The molecule has 0 spiro atoms. The Labute approximate surface area is 156 Å². The lowest BCUT2D eigenvalue weighted by Gasteiger charge is -2.07. The summed E-state index contributed by atoms with van der Waals surface area (Å²) in [6, 6.07) is 20.3. The monoisotopic (exact) mass is 361 g/mol. The zero-order chi connectivity index (χ0) is 17.9. The summed E-state index contributed by atoms with van der Waals surface area (Å²) >= 11 is 1.68. The molecule has 0 aliphatic heterocycles. The SMILES string of the molecule is Cn1nc(CNC(=O)Cc2cccc3ccccc23)cc1-c1cccs1. The highest BCUT2D eigenvalue weighted by Gasteiger charge is 2.10. The molecule has 0 aliphatic rings. The Morgan fingerprint density at radius 1 is 1.12 bits per heavy atom. The first kappa shape index (κ1) is 16.5. The van der Waals surface area contributed by atoms with Crippen LogP contribution in [0, 0.1) is 0 Å². The number of nitrogens with one attached hydrogen (secondary N) is 1. The molecule has 4 nitrogen and oxygen atoms in total. The number of hydrogen-bond donors (Lipinski definition) is 1. The van der Waals surface area contributed by atoms with Crippen molar-refractivity contribution in [1.29, 1.82) is 0 Å². The van der Waals surface area contributed by atoms with Gasteiger partial charge in [-0.2, -0.15) is 5.10 Å². The Bertz CT molecular complexity index is 1050. The van der Waals surface area contributed by atoms with E-state index in [0.717, 1.165) is 27.7 Å². The molecule has 5 heteroatoms. The summed E-state index contributed by atoms with van der Waals surface area (Å²) in [5.41, 5.74) is 2.97. The van der Waals surface area contributed by atoms with Crippen LogP contribution < -0.4 is 5.32 Å². The quantitative estimate of drug-likeness (QED) is 0.580. The molecule has 0 radical (unpaired) electrons. The molecule has 1 amide bonds. The van der Waals surface area contributed by atoms with E-state index in [1.54, 1.807) is 11.3 Å². The Morgan fingerprint density at radius 3 is 2.81 bits per heavy atom. The van der Waals surface area contributed by atoms with Crippen LogP contribution in [0.2, 0.25) is 0 Å². The summed E-state index contributed by atoms with van der Waals surface area (Å²) in [5, 5.41) is 11.8. The lowest BCUT2D eigenvalue weighted by molar-refractivity contribution is -0.120. The number of thiophene rings is 1. The van der Waals surface area contributed by atoms with Crippen molar-refractivity contribution in [2.24, 2.45) is 7.05 Å². The van der Waals surface area contributed by atoms with Crippen LogP contribution in [0.3, 0.4) is 0 Å². The van der Waals surface area contributed by atoms with Crippen LogP contribution in [0.15, 0.2) is 66.0 Å². The van der Waals surface area contributed by atoms with E-state index in [2.05, 4.69) is 34.7 Å². The van der Waals surface area contributed by atoms with Gasteiger partial charge in [0.25, 0.3) is 0 Å². The van der Waals surface area contributed by atoms with Gasteiger partial charge in [0, 0.05) is 7.05 Å². The second-order valence-corrected chi connectivity index (χ2v) is 7.16. The summed E-state index contributed by atoms with van der Waals surface area (Å²) in [5.74, 6) is 0.00433. The zero-order valence-corrected chi connectivity index (χ0v) is 15.3. The van der Waals surface area contributed by atoms with Crippen molar-refractivity contribution in [3.8, 4) is 10.6 Å². The van der Waals surface area contributed by atoms with Crippen LogP contribution in [-0.2, 0) is 24.8 Å². The van der Waals surface area contributed by atoms with E-state index >= 15 is 0 Å². The maximum Gasteiger partial charge on any atom is 0.224 e. The van der Waals surface area contributed by atoms with Crippen molar-refractivity contribution in [1.82, 2.24) is 15.1 Å². The van der Waals surface area contributed by atoms with Gasteiger partial charge in [0.15, 0.2) is 0 Å². The van der Waals surface area contributed by atoms with E-state index in [4.69, 9.17) is 0 Å². The molecule has 130 valence electrons. The Morgan fingerprint density at radius 2 is 1.96 bits per heavy atom. The van der Waals surface area contributed by atoms with Gasteiger partial charge in [-0.15, -0.1) is 11.3 Å². The Hall–Kier alpha value is -2.92. The van der Waals surface area contributed by atoms with E-state index in [9.17, 15) is 4.79 Å². The van der Waals surface area contributed by atoms with Gasteiger partial charge in [-0.1, -0.05) is 48.5 Å². The van der Waals surface area contributed by atoms with E-state index in [0.29, 0.717) is 13.0 Å². The topological polar surface area (TPSA) is 46.9 Å². The van der Waals surface area contributed by atoms with E-state index in [1.165, 1.54) is 4.88 Å². The smallest absolute Gasteiger partial charge is 0.224 e. The second kappa shape index (κ2) is 7.14. The highest BCUT2D eigenvalue weighted by molar-refractivity contribution is 7.13. The fourth-order valence-electron chi connectivity index (χ4n) is 3.14. The second-order valence-electron chi connectivity index (χ2n) is 6.21. The minimum absolute atomic E-state index is 0.00433. The molecule has 4 rings (SSSR count). The number of rotatable bonds is 5. The molecule has 0 unspecified atom stereocenters. The van der Waals surface area contributed by atoms with Crippen LogP contribution in [0.25, 0.3) is 21.3 Å². The van der Waals surface area contributed by atoms with Gasteiger partial charge in [-0.25, -0.2) is 0 Å². The molecule has 1 N–H and O–H groups in total. The highest BCUT2D eigenvalue weighted by atomic mass is 32.1. The van der Waals surface area contributed by atoms with Crippen molar-refractivity contribution < 1.29 is 4.79 Å². The predicted octanol–water partition coefficient (Wildman–Crippen LogP) is 4.16. The number of nitrogens with zero attached hydrogens (tertiary/aromatic N) is 2. The van der Waals surface area contributed by atoms with Crippen molar-refractivity contribution in [2.75, 3.05) is 0 Å². The Kier molecular flexibility index (Phi) is 4.54.